The molecule has 0 rings (SSSR count). The van der Waals surface area contributed by atoms with Crippen LogP contribution in [-0.2, 0) is 14.4 Å². The Morgan fingerprint density at radius 1 is 1.19 bits per heavy atom. The Labute approximate surface area is 91.8 Å². The number of hydrogen-bond acceptors (Lipinski definition) is 4. The van der Waals surface area contributed by atoms with Gasteiger partial charge in [0.1, 0.15) is 6.73 Å². The van der Waals surface area contributed by atoms with Gasteiger partial charge in [-0.15, -0.1) is 0 Å². The van der Waals surface area contributed by atoms with Crippen LogP contribution in [0.3, 0.4) is 0 Å². The molecule has 0 heterocycles. The molecule has 16 heavy (non-hydrogen) atoms. The van der Waals surface area contributed by atoms with Crippen LogP contribution < -0.4 is 0 Å². The second kappa shape index (κ2) is 6.31. The van der Waals surface area contributed by atoms with Crippen molar-refractivity contribution in [3.05, 3.63) is 37.0 Å². The predicted octanol–water partition coefficient (Wildman–Crippen LogP) is -0.326. The molecule has 0 unspecified atom stereocenters. The zero-order valence-electron chi connectivity index (χ0n) is 8.42. The van der Waals surface area contributed by atoms with Gasteiger partial charge in [0.15, 0.2) is 0 Å². The van der Waals surface area contributed by atoms with Crippen LogP contribution in [0.15, 0.2) is 37.0 Å². The summed E-state index contributed by atoms with van der Waals surface area (Å²) in [6, 6.07) is 0. The summed E-state index contributed by atoms with van der Waals surface area (Å²) >= 11 is 0. The molecule has 0 saturated carbocycles. The highest BCUT2D eigenvalue weighted by atomic mass is 16.4. The Kier molecular flexibility index (Phi) is 5.44. The van der Waals surface area contributed by atoms with Crippen LogP contribution >= 0.6 is 0 Å². The predicted molar refractivity (Wildman–Crippen MR) is 55.1 cm³/mol. The molecule has 0 aromatic rings. The lowest BCUT2D eigenvalue weighted by atomic mass is 10.2. The zero-order valence-corrected chi connectivity index (χ0v) is 8.42. The van der Waals surface area contributed by atoms with E-state index in [-0.39, 0.29) is 5.57 Å². The van der Waals surface area contributed by atoms with Gasteiger partial charge in [-0.25, -0.2) is 4.79 Å². The van der Waals surface area contributed by atoms with E-state index in [0.717, 1.165) is 18.2 Å². The fraction of sp³-hybridized carbons (Fsp3) is 0.100. The van der Waals surface area contributed by atoms with Crippen molar-refractivity contribution in [3.8, 4) is 0 Å². The summed E-state index contributed by atoms with van der Waals surface area (Å²) in [6.07, 6.45) is 2.62. The van der Waals surface area contributed by atoms with Gasteiger partial charge < -0.3 is 10.2 Å². The molecule has 86 valence electrons. The molecule has 0 saturated heterocycles. The van der Waals surface area contributed by atoms with E-state index in [4.69, 9.17) is 10.2 Å². The highest BCUT2D eigenvalue weighted by molar-refractivity contribution is 6.05. The van der Waals surface area contributed by atoms with Gasteiger partial charge in [-0.2, -0.15) is 0 Å². The summed E-state index contributed by atoms with van der Waals surface area (Å²) < 4.78 is 0. The standard InChI is InChI=1S/C10H11NO5/c1-3-8(13)11(6-12)9(14)5-4-7(2)10(15)16/h3-5,12H,1-2,6H2,(H,15,16). The van der Waals surface area contributed by atoms with Crippen molar-refractivity contribution < 1.29 is 24.6 Å². The quantitative estimate of drug-likeness (QED) is 0.379. The molecule has 0 aliphatic heterocycles. The minimum Gasteiger partial charge on any atom is -0.478 e. The molecule has 0 atom stereocenters. The topological polar surface area (TPSA) is 94.9 Å². The molecule has 0 bridgehead atoms. The van der Waals surface area contributed by atoms with Crippen LogP contribution in [0.25, 0.3) is 0 Å². The number of carbonyl (C=O) groups excluding carboxylic acids is 2. The number of carboxylic acid groups (broad SMARTS) is 1. The largest absolute Gasteiger partial charge is 0.478 e. The third-order valence-corrected chi connectivity index (χ3v) is 1.55. The third kappa shape index (κ3) is 3.89. The van der Waals surface area contributed by atoms with Crippen LogP contribution in [0, 0.1) is 0 Å². The first-order chi connectivity index (χ1) is 7.43. The Morgan fingerprint density at radius 2 is 1.75 bits per heavy atom. The van der Waals surface area contributed by atoms with Crippen LogP contribution in [-0.4, -0.2) is 39.6 Å². The highest BCUT2D eigenvalue weighted by Gasteiger charge is 2.15. The van der Waals surface area contributed by atoms with Crippen molar-refractivity contribution in [2.24, 2.45) is 0 Å². The number of aliphatic carboxylic acids is 1. The molecule has 0 spiro atoms. The molecule has 6 heteroatoms. The molecule has 0 aromatic heterocycles. The summed E-state index contributed by atoms with van der Waals surface area (Å²) in [7, 11) is 0. The smallest absolute Gasteiger partial charge is 0.335 e. The molecule has 2 N–H and O–H groups in total. The van der Waals surface area contributed by atoms with E-state index >= 15 is 0 Å². The average Bonchev–Trinajstić information content (AvgIpc) is 2.26. The van der Waals surface area contributed by atoms with E-state index < -0.39 is 24.5 Å². The van der Waals surface area contributed by atoms with E-state index in [1.54, 1.807) is 0 Å². The lowest BCUT2D eigenvalue weighted by Crippen LogP contribution is -2.35. The van der Waals surface area contributed by atoms with Gasteiger partial charge in [0.25, 0.3) is 11.8 Å². The van der Waals surface area contributed by atoms with Gasteiger partial charge >= 0.3 is 5.97 Å². The minimum atomic E-state index is -1.28. The first-order valence-electron chi connectivity index (χ1n) is 4.13. The van der Waals surface area contributed by atoms with Crippen LogP contribution in [0.5, 0.6) is 0 Å². The van der Waals surface area contributed by atoms with Gasteiger partial charge in [-0.3, -0.25) is 14.5 Å². The number of nitrogens with zero attached hydrogens (tertiary/aromatic N) is 1. The number of hydrogen-bond donors (Lipinski definition) is 2. The average molecular weight is 225 g/mol. The number of aliphatic hydroxyl groups excluding tert-OH is 1. The van der Waals surface area contributed by atoms with Crippen LogP contribution in [0.1, 0.15) is 0 Å². The van der Waals surface area contributed by atoms with Crippen molar-refractivity contribution >= 4 is 17.8 Å². The maximum absolute atomic E-state index is 11.3. The van der Waals surface area contributed by atoms with E-state index in [0.29, 0.717) is 4.90 Å². The van der Waals surface area contributed by atoms with Crippen molar-refractivity contribution in [3.63, 3.8) is 0 Å². The van der Waals surface area contributed by atoms with Gasteiger partial charge in [-0.1, -0.05) is 13.2 Å². The Balaban J connectivity index is 4.67. The highest BCUT2D eigenvalue weighted by Crippen LogP contribution is 1.97. The van der Waals surface area contributed by atoms with Gasteiger partial charge in [0.2, 0.25) is 0 Å². The molecule has 0 aliphatic rings. The lowest BCUT2D eigenvalue weighted by Gasteiger charge is -2.13. The number of aliphatic hydroxyl groups is 1. The zero-order chi connectivity index (χ0) is 12.7. The maximum atomic E-state index is 11.3. The number of amides is 2. The van der Waals surface area contributed by atoms with Gasteiger partial charge in [0.05, 0.1) is 5.57 Å². The SMILES string of the molecule is C=CC(=O)N(CO)C(=O)C=CC(=C)C(=O)O. The van der Waals surface area contributed by atoms with Crippen LogP contribution in [0.4, 0.5) is 0 Å². The molecule has 2 amide bonds. The van der Waals surface area contributed by atoms with Crippen LogP contribution in [0.2, 0.25) is 0 Å². The molecule has 0 radical (unpaired) electrons. The fourth-order valence-corrected chi connectivity index (χ4v) is 0.691. The molecular weight excluding hydrogens is 214 g/mol. The normalized spacial score (nSPS) is 9.81. The van der Waals surface area contributed by atoms with Crippen molar-refractivity contribution in [2.75, 3.05) is 6.73 Å². The number of carbonyl (C=O) groups is 3. The summed E-state index contributed by atoms with van der Waals surface area (Å²) in [5.74, 6) is -2.91. The second-order valence-electron chi connectivity index (χ2n) is 2.61. The number of carboxylic acids is 1. The Hall–Kier alpha value is -2.21. The lowest BCUT2D eigenvalue weighted by molar-refractivity contribution is -0.142. The summed E-state index contributed by atoms with van der Waals surface area (Å²) in [6.45, 7) is 5.48. The molecule has 0 aliphatic carbocycles. The Morgan fingerprint density at radius 3 is 2.12 bits per heavy atom. The molecule has 0 fully saturated rings. The summed E-state index contributed by atoms with van der Waals surface area (Å²) in [4.78, 5) is 33.1. The van der Waals surface area contributed by atoms with E-state index in [9.17, 15) is 14.4 Å². The monoisotopic (exact) mass is 225 g/mol. The van der Waals surface area contributed by atoms with E-state index in [1.165, 1.54) is 0 Å². The van der Waals surface area contributed by atoms with E-state index in [2.05, 4.69) is 13.2 Å². The molecular formula is C10H11NO5. The van der Waals surface area contributed by atoms with Crippen molar-refractivity contribution in [2.45, 2.75) is 0 Å². The first kappa shape index (κ1) is 13.8. The summed E-state index contributed by atoms with van der Waals surface area (Å²) in [5.41, 5.74) is -0.308. The van der Waals surface area contributed by atoms with Gasteiger partial charge in [0, 0.05) is 6.08 Å². The number of imide groups is 1. The molecule has 0 aromatic carbocycles. The third-order valence-electron chi connectivity index (χ3n) is 1.55. The number of rotatable bonds is 5. The fourth-order valence-electron chi connectivity index (χ4n) is 0.691. The summed E-state index contributed by atoms with van der Waals surface area (Å²) in [5, 5.41) is 17.2. The maximum Gasteiger partial charge on any atom is 0.335 e. The second-order valence-corrected chi connectivity index (χ2v) is 2.61. The first-order valence-corrected chi connectivity index (χ1v) is 4.13. The van der Waals surface area contributed by atoms with Crippen molar-refractivity contribution in [1.82, 2.24) is 4.90 Å². The minimum absolute atomic E-state index is 0.308. The van der Waals surface area contributed by atoms with Gasteiger partial charge in [-0.05, 0) is 12.2 Å². The Bertz CT molecular complexity index is 369. The van der Waals surface area contributed by atoms with E-state index in [1.807, 2.05) is 0 Å². The van der Waals surface area contributed by atoms with Crippen molar-refractivity contribution in [1.29, 1.82) is 0 Å². The molecule has 6 nitrogen and oxygen atoms in total.